The van der Waals surface area contributed by atoms with E-state index >= 15 is 0 Å². The molecule has 4 heteroatoms. The van der Waals surface area contributed by atoms with E-state index in [1.165, 1.54) is 12.1 Å². The van der Waals surface area contributed by atoms with Gasteiger partial charge in [-0.05, 0) is 43.5 Å². The second-order valence-electron chi connectivity index (χ2n) is 4.31. The van der Waals surface area contributed by atoms with Gasteiger partial charge in [0.05, 0.1) is 0 Å². The molecule has 0 heterocycles. The van der Waals surface area contributed by atoms with E-state index in [0.29, 0.717) is 0 Å². The summed E-state index contributed by atoms with van der Waals surface area (Å²) in [4.78, 5) is 0. The van der Waals surface area contributed by atoms with Crippen LogP contribution < -0.4 is 5.32 Å². The molecule has 0 radical (unpaired) electrons. The lowest BCUT2D eigenvalue weighted by atomic mass is 10.0. The molecule has 0 amide bonds. The van der Waals surface area contributed by atoms with Gasteiger partial charge in [0.15, 0.2) is 0 Å². The first kappa shape index (κ1) is 15.6. The Morgan fingerprint density at radius 1 is 1.44 bits per heavy atom. The van der Waals surface area contributed by atoms with Gasteiger partial charge in [-0.2, -0.15) is 0 Å². The van der Waals surface area contributed by atoms with E-state index in [1.54, 1.807) is 7.11 Å². The Kier molecular flexibility index (Phi) is 7.47. The van der Waals surface area contributed by atoms with Crippen molar-refractivity contribution >= 4 is 15.9 Å². The maximum Gasteiger partial charge on any atom is 0.124 e. The summed E-state index contributed by atoms with van der Waals surface area (Å²) in [6.07, 6.45) is 3.05. The van der Waals surface area contributed by atoms with Crippen molar-refractivity contribution in [3.05, 3.63) is 34.1 Å². The molecule has 0 saturated carbocycles. The van der Waals surface area contributed by atoms with Crippen LogP contribution in [-0.4, -0.2) is 20.3 Å². The molecule has 18 heavy (non-hydrogen) atoms. The highest BCUT2D eigenvalue weighted by Gasteiger charge is 2.14. The van der Waals surface area contributed by atoms with Crippen molar-refractivity contribution in [2.45, 2.75) is 32.2 Å². The Morgan fingerprint density at radius 3 is 2.83 bits per heavy atom. The zero-order valence-corrected chi connectivity index (χ0v) is 12.6. The third-order valence-electron chi connectivity index (χ3n) is 2.82. The monoisotopic (exact) mass is 317 g/mol. The van der Waals surface area contributed by atoms with E-state index in [9.17, 15) is 4.39 Å². The van der Waals surface area contributed by atoms with E-state index in [2.05, 4.69) is 28.2 Å². The number of rotatable bonds is 8. The lowest BCUT2D eigenvalue weighted by Gasteiger charge is -2.20. The quantitative estimate of drug-likeness (QED) is 0.730. The first-order valence-electron chi connectivity index (χ1n) is 6.36. The molecule has 1 rings (SSSR count). The summed E-state index contributed by atoms with van der Waals surface area (Å²) in [6, 6.07) is 5.12. The number of halogens is 2. The summed E-state index contributed by atoms with van der Waals surface area (Å²) in [5.41, 5.74) is 1.11. The first-order valence-corrected chi connectivity index (χ1v) is 7.15. The minimum Gasteiger partial charge on any atom is -0.385 e. The lowest BCUT2D eigenvalue weighted by Crippen LogP contribution is -2.23. The Morgan fingerprint density at radius 2 is 2.22 bits per heavy atom. The van der Waals surface area contributed by atoms with Gasteiger partial charge in [-0.3, -0.25) is 0 Å². The second kappa shape index (κ2) is 8.62. The molecular formula is C14H21BrFNO. The highest BCUT2D eigenvalue weighted by atomic mass is 79.9. The van der Waals surface area contributed by atoms with Gasteiger partial charge in [0.1, 0.15) is 5.82 Å². The van der Waals surface area contributed by atoms with Gasteiger partial charge < -0.3 is 10.1 Å². The minimum atomic E-state index is -0.211. The third kappa shape index (κ3) is 5.04. The van der Waals surface area contributed by atoms with Crippen molar-refractivity contribution in [1.82, 2.24) is 5.32 Å². The average Bonchev–Trinajstić information content (AvgIpc) is 2.34. The molecule has 1 aromatic rings. The van der Waals surface area contributed by atoms with Crippen LogP contribution in [0.25, 0.3) is 0 Å². The molecule has 0 aliphatic rings. The fourth-order valence-electron chi connectivity index (χ4n) is 1.90. The van der Waals surface area contributed by atoms with Gasteiger partial charge in [-0.15, -0.1) is 0 Å². The summed E-state index contributed by atoms with van der Waals surface area (Å²) in [7, 11) is 1.71. The van der Waals surface area contributed by atoms with E-state index in [4.69, 9.17) is 4.74 Å². The molecule has 0 aliphatic carbocycles. The number of hydrogen-bond acceptors (Lipinski definition) is 2. The number of benzene rings is 1. The summed E-state index contributed by atoms with van der Waals surface area (Å²) in [5, 5.41) is 3.50. The molecule has 1 N–H and O–H groups in total. The Hall–Kier alpha value is -0.450. The fraction of sp³-hybridized carbons (Fsp3) is 0.571. The molecule has 0 spiro atoms. The van der Waals surface area contributed by atoms with E-state index in [-0.39, 0.29) is 11.9 Å². The van der Waals surface area contributed by atoms with Crippen LogP contribution in [0, 0.1) is 5.82 Å². The molecule has 0 aromatic heterocycles. The maximum atomic E-state index is 13.1. The number of methoxy groups -OCH3 is 1. The second-order valence-corrected chi connectivity index (χ2v) is 5.16. The SMILES string of the molecule is CCCNC(CCCOC)c1ccc(F)cc1Br. The topological polar surface area (TPSA) is 21.3 Å². The molecule has 2 nitrogen and oxygen atoms in total. The smallest absolute Gasteiger partial charge is 0.124 e. The standard InChI is InChI=1S/C14H21BrFNO/c1-3-8-17-14(5-4-9-18-2)12-7-6-11(16)10-13(12)15/h6-7,10,14,17H,3-5,8-9H2,1-2H3. The van der Waals surface area contributed by atoms with Gasteiger partial charge in [0.25, 0.3) is 0 Å². The summed E-state index contributed by atoms with van der Waals surface area (Å²) in [6.45, 7) is 3.85. The molecule has 0 saturated heterocycles. The molecule has 1 aromatic carbocycles. The highest BCUT2D eigenvalue weighted by Crippen LogP contribution is 2.27. The maximum absolute atomic E-state index is 13.1. The van der Waals surface area contributed by atoms with Crippen molar-refractivity contribution in [3.63, 3.8) is 0 Å². The zero-order chi connectivity index (χ0) is 13.4. The molecule has 0 fully saturated rings. The van der Waals surface area contributed by atoms with Crippen LogP contribution in [0.5, 0.6) is 0 Å². The molecule has 0 bridgehead atoms. The van der Waals surface area contributed by atoms with Crippen LogP contribution in [0.3, 0.4) is 0 Å². The van der Waals surface area contributed by atoms with Gasteiger partial charge in [-0.25, -0.2) is 4.39 Å². The highest BCUT2D eigenvalue weighted by molar-refractivity contribution is 9.10. The summed E-state index contributed by atoms with van der Waals surface area (Å²) < 4.78 is 19.0. The molecule has 102 valence electrons. The van der Waals surface area contributed by atoms with Crippen molar-refractivity contribution < 1.29 is 9.13 Å². The number of ether oxygens (including phenoxy) is 1. The van der Waals surface area contributed by atoms with Crippen LogP contribution in [0.1, 0.15) is 37.8 Å². The van der Waals surface area contributed by atoms with Crippen molar-refractivity contribution in [2.75, 3.05) is 20.3 Å². The molecule has 1 atom stereocenters. The number of nitrogens with one attached hydrogen (secondary N) is 1. The Bertz CT molecular complexity index is 360. The van der Waals surface area contributed by atoms with Crippen molar-refractivity contribution in [2.24, 2.45) is 0 Å². The summed E-state index contributed by atoms with van der Waals surface area (Å²) in [5.74, 6) is -0.211. The molecule has 0 aliphatic heterocycles. The Labute approximate surface area is 117 Å². The van der Waals surface area contributed by atoms with Crippen molar-refractivity contribution in [3.8, 4) is 0 Å². The van der Waals surface area contributed by atoms with Crippen LogP contribution in [0.4, 0.5) is 4.39 Å². The average molecular weight is 318 g/mol. The zero-order valence-electron chi connectivity index (χ0n) is 11.0. The van der Waals surface area contributed by atoms with E-state index in [1.807, 2.05) is 6.07 Å². The summed E-state index contributed by atoms with van der Waals surface area (Å²) >= 11 is 3.44. The fourth-order valence-corrected chi connectivity index (χ4v) is 2.53. The molecule has 1 unspecified atom stereocenters. The van der Waals surface area contributed by atoms with E-state index in [0.717, 1.165) is 42.5 Å². The predicted molar refractivity (Wildman–Crippen MR) is 76.2 cm³/mol. The minimum absolute atomic E-state index is 0.211. The first-order chi connectivity index (χ1) is 8.69. The Balaban J connectivity index is 2.73. The molecular weight excluding hydrogens is 297 g/mol. The van der Waals surface area contributed by atoms with Crippen molar-refractivity contribution in [1.29, 1.82) is 0 Å². The number of hydrogen-bond donors (Lipinski definition) is 1. The lowest BCUT2D eigenvalue weighted by molar-refractivity contribution is 0.188. The van der Waals surface area contributed by atoms with Gasteiger partial charge in [-0.1, -0.05) is 28.9 Å². The van der Waals surface area contributed by atoms with Crippen LogP contribution in [0.15, 0.2) is 22.7 Å². The van der Waals surface area contributed by atoms with Gasteiger partial charge in [0.2, 0.25) is 0 Å². The van der Waals surface area contributed by atoms with Crippen LogP contribution >= 0.6 is 15.9 Å². The van der Waals surface area contributed by atoms with E-state index < -0.39 is 0 Å². The third-order valence-corrected chi connectivity index (χ3v) is 3.51. The normalized spacial score (nSPS) is 12.7. The van der Waals surface area contributed by atoms with Gasteiger partial charge in [0, 0.05) is 24.2 Å². The largest absolute Gasteiger partial charge is 0.385 e. The van der Waals surface area contributed by atoms with Crippen LogP contribution in [-0.2, 0) is 4.74 Å². The van der Waals surface area contributed by atoms with Crippen LogP contribution in [0.2, 0.25) is 0 Å². The van der Waals surface area contributed by atoms with Gasteiger partial charge >= 0.3 is 0 Å². The predicted octanol–water partition coefficient (Wildman–Crippen LogP) is 4.06.